The molecule has 0 radical (unpaired) electrons. The highest BCUT2D eigenvalue weighted by atomic mass is 16.5. The van der Waals surface area contributed by atoms with E-state index in [1.165, 1.54) is 0 Å². The number of ether oxygens (including phenoxy) is 1. The first-order chi connectivity index (χ1) is 11.9. The molecule has 1 aliphatic rings. The third-order valence-corrected chi connectivity index (χ3v) is 4.61. The number of carbonyl (C=O) groups is 1. The van der Waals surface area contributed by atoms with Gasteiger partial charge in [-0.25, -0.2) is 4.79 Å². The fourth-order valence-corrected chi connectivity index (χ4v) is 3.27. The molecule has 7 heteroatoms. The summed E-state index contributed by atoms with van der Waals surface area (Å²) in [4.78, 5) is 26.8. The number of rotatable bonds is 4. The molecule has 0 atom stereocenters. The Balaban J connectivity index is 2.08. The van der Waals surface area contributed by atoms with Crippen LogP contribution in [-0.2, 0) is 23.6 Å². The van der Waals surface area contributed by atoms with Gasteiger partial charge in [-0.05, 0) is 18.1 Å². The average Bonchev–Trinajstić information content (AvgIpc) is 2.78. The Kier molecular flexibility index (Phi) is 4.85. The molecule has 2 heterocycles. The predicted octanol–water partition coefficient (Wildman–Crippen LogP) is 1.70. The minimum Gasteiger partial charge on any atom is -0.378 e. The molecule has 1 amide bonds. The standard InChI is InChI=1S/C18H26N4O3/c1-12(2)9-17(23)19-13-10-15-16(21(4)18(24)20(15)3)11-14(13)22-5-7-25-8-6-22/h10-12H,5-9H2,1-4H3,(H,19,23). The lowest BCUT2D eigenvalue weighted by Crippen LogP contribution is -2.36. The van der Waals surface area contributed by atoms with Gasteiger partial charge in [0.15, 0.2) is 0 Å². The zero-order valence-corrected chi connectivity index (χ0v) is 15.3. The summed E-state index contributed by atoms with van der Waals surface area (Å²) in [6.07, 6.45) is 0.467. The van der Waals surface area contributed by atoms with E-state index in [0.717, 1.165) is 35.5 Å². The van der Waals surface area contributed by atoms with Crippen molar-refractivity contribution in [1.82, 2.24) is 9.13 Å². The Labute approximate surface area is 147 Å². The van der Waals surface area contributed by atoms with Gasteiger partial charge in [-0.2, -0.15) is 0 Å². The molecule has 1 N–H and O–H groups in total. The minimum absolute atomic E-state index is 0.00945. The Morgan fingerprint density at radius 1 is 1.16 bits per heavy atom. The van der Waals surface area contributed by atoms with Crippen molar-refractivity contribution in [2.45, 2.75) is 20.3 Å². The number of hydrogen-bond donors (Lipinski definition) is 1. The summed E-state index contributed by atoms with van der Waals surface area (Å²) in [5.74, 6) is 0.279. The number of nitrogens with one attached hydrogen (secondary N) is 1. The van der Waals surface area contributed by atoms with E-state index >= 15 is 0 Å². The summed E-state index contributed by atoms with van der Waals surface area (Å²) in [6, 6.07) is 3.90. The fraction of sp³-hybridized carbons (Fsp3) is 0.556. The highest BCUT2D eigenvalue weighted by Gasteiger charge is 2.20. The molecule has 7 nitrogen and oxygen atoms in total. The van der Waals surface area contributed by atoms with Gasteiger partial charge in [0, 0.05) is 33.6 Å². The van der Waals surface area contributed by atoms with Crippen LogP contribution in [-0.4, -0.2) is 41.3 Å². The number of hydrogen-bond acceptors (Lipinski definition) is 4. The Morgan fingerprint density at radius 2 is 1.76 bits per heavy atom. The van der Waals surface area contributed by atoms with Crippen molar-refractivity contribution in [3.05, 3.63) is 22.6 Å². The number of fused-ring (bicyclic) bond motifs is 1. The van der Waals surface area contributed by atoms with Crippen LogP contribution in [0.1, 0.15) is 20.3 Å². The number of imidazole rings is 1. The molecular weight excluding hydrogens is 320 g/mol. The fourth-order valence-electron chi connectivity index (χ4n) is 3.27. The molecule has 0 aliphatic carbocycles. The summed E-state index contributed by atoms with van der Waals surface area (Å²) in [7, 11) is 3.52. The smallest absolute Gasteiger partial charge is 0.328 e. The van der Waals surface area contributed by atoms with E-state index in [9.17, 15) is 9.59 Å². The Hall–Kier alpha value is -2.28. The van der Waals surface area contributed by atoms with Gasteiger partial charge in [-0.3, -0.25) is 13.9 Å². The largest absolute Gasteiger partial charge is 0.378 e. The first kappa shape index (κ1) is 17.5. The third-order valence-electron chi connectivity index (χ3n) is 4.61. The van der Waals surface area contributed by atoms with Gasteiger partial charge in [0.1, 0.15) is 0 Å². The maximum Gasteiger partial charge on any atom is 0.328 e. The van der Waals surface area contributed by atoms with E-state index in [2.05, 4.69) is 10.2 Å². The monoisotopic (exact) mass is 346 g/mol. The van der Waals surface area contributed by atoms with Crippen LogP contribution >= 0.6 is 0 Å². The van der Waals surface area contributed by atoms with E-state index in [0.29, 0.717) is 19.6 Å². The molecule has 0 unspecified atom stereocenters. The van der Waals surface area contributed by atoms with E-state index in [1.807, 2.05) is 26.0 Å². The number of benzene rings is 1. The van der Waals surface area contributed by atoms with Gasteiger partial charge in [-0.15, -0.1) is 0 Å². The number of nitrogens with zero attached hydrogens (tertiary/aromatic N) is 3. The molecule has 2 aromatic rings. The van der Waals surface area contributed by atoms with Crippen molar-refractivity contribution >= 4 is 28.3 Å². The molecule has 1 fully saturated rings. The molecule has 3 rings (SSSR count). The molecular formula is C18H26N4O3. The maximum atomic E-state index is 12.3. The number of aromatic nitrogens is 2. The number of amides is 1. The zero-order chi connectivity index (χ0) is 18.1. The topological polar surface area (TPSA) is 68.5 Å². The van der Waals surface area contributed by atoms with Crippen LogP contribution < -0.4 is 15.9 Å². The lowest BCUT2D eigenvalue weighted by Gasteiger charge is -2.30. The molecule has 1 aromatic carbocycles. The van der Waals surface area contributed by atoms with Crippen molar-refractivity contribution < 1.29 is 9.53 Å². The predicted molar refractivity (Wildman–Crippen MR) is 99.3 cm³/mol. The quantitative estimate of drug-likeness (QED) is 0.915. The molecule has 0 bridgehead atoms. The van der Waals surface area contributed by atoms with Crippen LogP contribution in [0.25, 0.3) is 11.0 Å². The van der Waals surface area contributed by atoms with Crippen molar-refractivity contribution in [2.24, 2.45) is 20.0 Å². The molecule has 1 aromatic heterocycles. The van der Waals surface area contributed by atoms with Gasteiger partial charge in [0.05, 0.1) is 35.6 Å². The first-order valence-corrected chi connectivity index (χ1v) is 8.70. The van der Waals surface area contributed by atoms with E-state index in [-0.39, 0.29) is 17.5 Å². The highest BCUT2D eigenvalue weighted by molar-refractivity contribution is 5.98. The summed E-state index contributed by atoms with van der Waals surface area (Å²) >= 11 is 0. The molecule has 1 saturated heterocycles. The molecule has 0 saturated carbocycles. The van der Waals surface area contributed by atoms with Crippen LogP contribution in [0.2, 0.25) is 0 Å². The van der Waals surface area contributed by atoms with Gasteiger partial charge in [-0.1, -0.05) is 13.8 Å². The zero-order valence-electron chi connectivity index (χ0n) is 15.3. The summed E-state index contributed by atoms with van der Waals surface area (Å²) in [5, 5.41) is 3.04. The highest BCUT2D eigenvalue weighted by Crippen LogP contribution is 2.32. The van der Waals surface area contributed by atoms with Crippen LogP contribution in [0.3, 0.4) is 0 Å². The molecule has 0 spiro atoms. The first-order valence-electron chi connectivity index (χ1n) is 8.70. The Bertz CT molecular complexity index is 844. The molecule has 1 aliphatic heterocycles. The summed E-state index contributed by atoms with van der Waals surface area (Å²) < 4.78 is 8.69. The van der Waals surface area contributed by atoms with Crippen LogP contribution in [0, 0.1) is 5.92 Å². The number of morpholine rings is 1. The average molecular weight is 346 g/mol. The van der Waals surface area contributed by atoms with Gasteiger partial charge in [0.2, 0.25) is 5.91 Å². The van der Waals surface area contributed by atoms with Gasteiger partial charge >= 0.3 is 5.69 Å². The summed E-state index contributed by atoms with van der Waals surface area (Å²) in [5.41, 5.74) is 3.28. The van der Waals surface area contributed by atoms with E-state index < -0.39 is 0 Å². The van der Waals surface area contributed by atoms with Crippen LogP contribution in [0.15, 0.2) is 16.9 Å². The van der Waals surface area contributed by atoms with E-state index in [1.54, 1.807) is 23.2 Å². The number of anilines is 2. The van der Waals surface area contributed by atoms with Crippen molar-refractivity contribution in [2.75, 3.05) is 36.5 Å². The second-order valence-corrected chi connectivity index (χ2v) is 7.00. The van der Waals surface area contributed by atoms with Crippen molar-refractivity contribution in [3.63, 3.8) is 0 Å². The normalized spacial score (nSPS) is 15.2. The lowest BCUT2D eigenvalue weighted by molar-refractivity contribution is -0.116. The second kappa shape index (κ2) is 6.92. The SMILES string of the molecule is CC(C)CC(=O)Nc1cc2c(cc1N1CCOCC1)n(C)c(=O)n2C. The van der Waals surface area contributed by atoms with Crippen molar-refractivity contribution in [1.29, 1.82) is 0 Å². The minimum atomic E-state index is -0.0754. The Morgan fingerprint density at radius 3 is 2.36 bits per heavy atom. The summed E-state index contributed by atoms with van der Waals surface area (Å²) in [6.45, 7) is 6.88. The lowest BCUT2D eigenvalue weighted by atomic mass is 10.1. The van der Waals surface area contributed by atoms with Gasteiger partial charge in [0.25, 0.3) is 0 Å². The number of carbonyl (C=O) groups excluding carboxylic acids is 1. The maximum absolute atomic E-state index is 12.3. The third kappa shape index (κ3) is 3.42. The van der Waals surface area contributed by atoms with Crippen LogP contribution in [0.4, 0.5) is 11.4 Å². The molecule has 25 heavy (non-hydrogen) atoms. The number of aryl methyl sites for hydroxylation is 2. The second-order valence-electron chi connectivity index (χ2n) is 7.00. The van der Waals surface area contributed by atoms with Gasteiger partial charge < -0.3 is 15.0 Å². The van der Waals surface area contributed by atoms with Crippen molar-refractivity contribution in [3.8, 4) is 0 Å². The molecule has 136 valence electrons. The van der Waals surface area contributed by atoms with Crippen LogP contribution in [0.5, 0.6) is 0 Å². The van der Waals surface area contributed by atoms with E-state index in [4.69, 9.17) is 4.74 Å².